The first-order valence-electron chi connectivity index (χ1n) is 5.21. The molecule has 1 rings (SSSR count). The van der Waals surface area contributed by atoms with E-state index in [9.17, 15) is 9.59 Å². The average Bonchev–Trinajstić information content (AvgIpc) is 2.57. The molecule has 0 unspecified atom stereocenters. The molecule has 1 aromatic rings. The van der Waals surface area contributed by atoms with Crippen LogP contribution in [0.2, 0.25) is 0 Å². The van der Waals surface area contributed by atoms with E-state index in [1.54, 1.807) is 17.0 Å². The molecular weight excluding hydrogens is 210 g/mol. The Morgan fingerprint density at radius 2 is 2.19 bits per heavy atom. The molecule has 6 heteroatoms. The van der Waals surface area contributed by atoms with Gasteiger partial charge in [-0.15, -0.1) is 0 Å². The van der Waals surface area contributed by atoms with Gasteiger partial charge in [-0.3, -0.25) is 13.9 Å². The van der Waals surface area contributed by atoms with Crippen molar-refractivity contribution in [3.8, 4) is 0 Å². The Bertz CT molecular complexity index is 406. The average molecular weight is 227 g/mol. The van der Waals surface area contributed by atoms with Crippen molar-refractivity contribution in [1.29, 1.82) is 0 Å². The quantitative estimate of drug-likeness (QED) is 0.701. The van der Waals surface area contributed by atoms with Gasteiger partial charge in [-0.2, -0.15) is 0 Å². The van der Waals surface area contributed by atoms with Gasteiger partial charge in [0.25, 0.3) is 0 Å². The molecule has 0 spiro atoms. The Labute approximate surface area is 93.5 Å². The molecule has 0 bridgehead atoms. The Morgan fingerprint density at radius 3 is 2.69 bits per heavy atom. The molecule has 6 nitrogen and oxygen atoms in total. The highest BCUT2D eigenvalue weighted by Gasteiger charge is 2.08. The van der Waals surface area contributed by atoms with Crippen LogP contribution in [0.3, 0.4) is 0 Å². The number of aliphatic hydroxyl groups excluding tert-OH is 1. The summed E-state index contributed by atoms with van der Waals surface area (Å²) in [4.78, 5) is 23.0. The molecule has 16 heavy (non-hydrogen) atoms. The number of aromatic nitrogens is 2. The van der Waals surface area contributed by atoms with Crippen LogP contribution in [0.5, 0.6) is 0 Å². The van der Waals surface area contributed by atoms with E-state index < -0.39 is 0 Å². The van der Waals surface area contributed by atoms with E-state index >= 15 is 0 Å². The van der Waals surface area contributed by atoms with E-state index in [0.717, 1.165) is 0 Å². The molecule has 0 aliphatic heterocycles. The fraction of sp³-hybridized carbons (Fsp3) is 0.600. The van der Waals surface area contributed by atoms with Crippen LogP contribution >= 0.6 is 0 Å². The fourth-order valence-corrected chi connectivity index (χ4v) is 1.35. The van der Waals surface area contributed by atoms with Crippen molar-refractivity contribution in [1.82, 2.24) is 14.5 Å². The van der Waals surface area contributed by atoms with Gasteiger partial charge in [-0.05, 0) is 13.8 Å². The summed E-state index contributed by atoms with van der Waals surface area (Å²) in [5.41, 5.74) is -0.200. The molecule has 0 aliphatic rings. The second-order valence-electron chi connectivity index (χ2n) is 3.78. The van der Waals surface area contributed by atoms with Crippen LogP contribution in [0.15, 0.2) is 17.2 Å². The van der Waals surface area contributed by atoms with Gasteiger partial charge >= 0.3 is 5.69 Å². The zero-order valence-electron chi connectivity index (χ0n) is 9.51. The molecule has 90 valence electrons. The molecule has 1 amide bonds. The van der Waals surface area contributed by atoms with Crippen molar-refractivity contribution in [3.05, 3.63) is 22.9 Å². The molecule has 0 saturated carbocycles. The third kappa shape index (κ3) is 2.96. The van der Waals surface area contributed by atoms with Gasteiger partial charge in [0, 0.05) is 25.0 Å². The van der Waals surface area contributed by atoms with Crippen LogP contribution in [-0.4, -0.2) is 33.3 Å². The monoisotopic (exact) mass is 227 g/mol. The highest BCUT2D eigenvalue weighted by Crippen LogP contribution is 1.98. The standard InChI is InChI=1S/C10H17N3O3/c1-8(2)13-5-4-12(10(13)16)7-9(15)11-3-6-14/h4-5,8,14H,3,6-7H2,1-2H3,(H,11,15). The molecule has 1 heterocycles. The highest BCUT2D eigenvalue weighted by atomic mass is 16.3. The summed E-state index contributed by atoms with van der Waals surface area (Å²) in [6, 6.07) is 0.0780. The van der Waals surface area contributed by atoms with E-state index in [4.69, 9.17) is 5.11 Å². The summed E-state index contributed by atoms with van der Waals surface area (Å²) in [5, 5.41) is 11.0. The lowest BCUT2D eigenvalue weighted by atomic mass is 10.4. The fourth-order valence-electron chi connectivity index (χ4n) is 1.35. The van der Waals surface area contributed by atoms with Crippen LogP contribution in [0.25, 0.3) is 0 Å². The summed E-state index contributed by atoms with van der Waals surface area (Å²) < 4.78 is 2.89. The summed E-state index contributed by atoms with van der Waals surface area (Å²) >= 11 is 0. The Hall–Kier alpha value is -1.56. The second-order valence-corrected chi connectivity index (χ2v) is 3.78. The topological polar surface area (TPSA) is 76.3 Å². The number of carbonyl (C=O) groups is 1. The minimum absolute atomic E-state index is 0.0153. The van der Waals surface area contributed by atoms with Crippen molar-refractivity contribution < 1.29 is 9.90 Å². The molecule has 0 atom stereocenters. The van der Waals surface area contributed by atoms with Gasteiger partial charge in [0.15, 0.2) is 0 Å². The van der Waals surface area contributed by atoms with Gasteiger partial charge in [0.05, 0.1) is 6.61 Å². The van der Waals surface area contributed by atoms with Crippen LogP contribution < -0.4 is 11.0 Å². The molecule has 0 saturated heterocycles. The van der Waals surface area contributed by atoms with Crippen molar-refractivity contribution in [2.75, 3.05) is 13.2 Å². The number of rotatable bonds is 5. The van der Waals surface area contributed by atoms with Gasteiger partial charge < -0.3 is 10.4 Å². The number of imidazole rings is 1. The Balaban J connectivity index is 2.68. The number of hydrogen-bond acceptors (Lipinski definition) is 3. The Morgan fingerprint density at radius 1 is 1.50 bits per heavy atom. The van der Waals surface area contributed by atoms with Gasteiger partial charge in [0.1, 0.15) is 6.54 Å². The normalized spacial score (nSPS) is 10.8. The molecule has 1 aromatic heterocycles. The maximum atomic E-state index is 11.7. The summed E-state index contributed by atoms with van der Waals surface area (Å²) in [6.07, 6.45) is 3.24. The lowest BCUT2D eigenvalue weighted by molar-refractivity contribution is -0.121. The predicted octanol–water partition coefficient (Wildman–Crippen LogP) is -0.661. The van der Waals surface area contributed by atoms with Crippen LogP contribution in [0.4, 0.5) is 0 Å². The molecule has 2 N–H and O–H groups in total. The van der Waals surface area contributed by atoms with E-state index in [0.29, 0.717) is 0 Å². The van der Waals surface area contributed by atoms with Crippen molar-refractivity contribution in [2.24, 2.45) is 0 Å². The third-order valence-corrected chi connectivity index (χ3v) is 2.18. The summed E-state index contributed by atoms with van der Waals surface area (Å²) in [5.74, 6) is -0.280. The van der Waals surface area contributed by atoms with E-state index in [1.165, 1.54) is 4.57 Å². The summed E-state index contributed by atoms with van der Waals surface area (Å²) in [6.45, 7) is 3.89. The maximum Gasteiger partial charge on any atom is 0.328 e. The Kier molecular flexibility index (Phi) is 4.30. The number of nitrogens with zero attached hydrogens (tertiary/aromatic N) is 2. The zero-order valence-corrected chi connectivity index (χ0v) is 9.51. The summed E-state index contributed by atoms with van der Waals surface area (Å²) in [7, 11) is 0. The number of carbonyl (C=O) groups excluding carboxylic acids is 1. The minimum Gasteiger partial charge on any atom is -0.395 e. The highest BCUT2D eigenvalue weighted by molar-refractivity contribution is 5.75. The molecule has 0 aliphatic carbocycles. The number of amides is 1. The molecular formula is C10H17N3O3. The molecule has 0 radical (unpaired) electrons. The van der Waals surface area contributed by atoms with Crippen molar-refractivity contribution in [3.63, 3.8) is 0 Å². The first kappa shape index (κ1) is 12.5. The zero-order chi connectivity index (χ0) is 12.1. The van der Waals surface area contributed by atoms with Gasteiger partial charge in [-0.25, -0.2) is 4.79 Å². The molecule has 0 fully saturated rings. The predicted molar refractivity (Wildman–Crippen MR) is 59.2 cm³/mol. The lowest BCUT2D eigenvalue weighted by Gasteiger charge is -2.05. The first-order chi connectivity index (χ1) is 7.56. The van der Waals surface area contributed by atoms with Crippen molar-refractivity contribution in [2.45, 2.75) is 26.4 Å². The van der Waals surface area contributed by atoms with Crippen LogP contribution in [0, 0.1) is 0 Å². The van der Waals surface area contributed by atoms with Crippen LogP contribution in [0.1, 0.15) is 19.9 Å². The van der Waals surface area contributed by atoms with E-state index in [1.807, 2.05) is 13.8 Å². The van der Waals surface area contributed by atoms with Gasteiger partial charge in [0.2, 0.25) is 5.91 Å². The lowest BCUT2D eigenvalue weighted by Crippen LogP contribution is -2.34. The third-order valence-electron chi connectivity index (χ3n) is 2.18. The minimum atomic E-state index is -0.280. The number of nitrogens with one attached hydrogen (secondary N) is 1. The van der Waals surface area contributed by atoms with Crippen molar-refractivity contribution >= 4 is 5.91 Å². The van der Waals surface area contributed by atoms with E-state index in [2.05, 4.69) is 5.32 Å². The molecule has 0 aromatic carbocycles. The van der Waals surface area contributed by atoms with Crippen LogP contribution in [-0.2, 0) is 11.3 Å². The maximum absolute atomic E-state index is 11.7. The number of hydrogen-bond donors (Lipinski definition) is 2. The smallest absolute Gasteiger partial charge is 0.328 e. The number of aliphatic hydroxyl groups is 1. The van der Waals surface area contributed by atoms with Gasteiger partial charge in [-0.1, -0.05) is 0 Å². The largest absolute Gasteiger partial charge is 0.395 e. The second kappa shape index (κ2) is 5.50. The first-order valence-corrected chi connectivity index (χ1v) is 5.21. The van der Waals surface area contributed by atoms with E-state index in [-0.39, 0.29) is 37.3 Å². The SMILES string of the molecule is CC(C)n1ccn(CC(=O)NCCO)c1=O.